The molecule has 2 fully saturated rings. The maximum absolute atomic E-state index is 5.96. The summed E-state index contributed by atoms with van der Waals surface area (Å²) in [5.41, 5.74) is 0. The van der Waals surface area contributed by atoms with E-state index in [0.29, 0.717) is 5.88 Å². The van der Waals surface area contributed by atoms with Gasteiger partial charge in [-0.2, -0.15) is 11.8 Å². The van der Waals surface area contributed by atoms with Gasteiger partial charge in [0, 0.05) is 38.8 Å². The Bertz CT molecular complexity index is 511. The van der Waals surface area contributed by atoms with Crippen LogP contribution in [0.25, 0.3) is 0 Å². The van der Waals surface area contributed by atoms with Crippen LogP contribution in [0.1, 0.15) is 19.3 Å². The Morgan fingerprint density at radius 1 is 1.38 bits per heavy atom. The molecule has 0 aromatic carbocycles. The van der Waals surface area contributed by atoms with Crippen LogP contribution < -0.4 is 10.1 Å². The third-order valence-electron chi connectivity index (χ3n) is 4.47. The molecule has 134 valence electrons. The van der Waals surface area contributed by atoms with Gasteiger partial charge in [0.25, 0.3) is 0 Å². The zero-order chi connectivity index (χ0) is 15.9. The number of rotatable bonds is 4. The van der Waals surface area contributed by atoms with Crippen molar-refractivity contribution in [3.8, 4) is 5.88 Å². The number of halogens is 1. The third kappa shape index (κ3) is 5.68. The van der Waals surface area contributed by atoms with Crippen molar-refractivity contribution in [1.82, 2.24) is 15.2 Å². The first-order valence-electron chi connectivity index (χ1n) is 8.46. The number of thioether (sulfide) groups is 1. The van der Waals surface area contributed by atoms with E-state index in [-0.39, 0.29) is 30.1 Å². The van der Waals surface area contributed by atoms with Crippen molar-refractivity contribution >= 4 is 41.7 Å². The van der Waals surface area contributed by atoms with Gasteiger partial charge in [0.15, 0.2) is 5.96 Å². The summed E-state index contributed by atoms with van der Waals surface area (Å²) in [6.07, 6.45) is 5.61. The van der Waals surface area contributed by atoms with E-state index >= 15 is 0 Å². The van der Waals surface area contributed by atoms with Gasteiger partial charge in [-0.25, -0.2) is 4.98 Å². The van der Waals surface area contributed by atoms with Crippen LogP contribution >= 0.6 is 35.7 Å². The Labute approximate surface area is 166 Å². The Balaban J connectivity index is 0.00000208. The van der Waals surface area contributed by atoms with E-state index in [9.17, 15) is 0 Å². The molecule has 2 aliphatic rings. The van der Waals surface area contributed by atoms with Gasteiger partial charge >= 0.3 is 0 Å². The van der Waals surface area contributed by atoms with Crippen LogP contribution in [0, 0.1) is 5.92 Å². The Morgan fingerprint density at radius 2 is 2.21 bits per heavy atom. The van der Waals surface area contributed by atoms with Crippen molar-refractivity contribution in [1.29, 1.82) is 0 Å². The van der Waals surface area contributed by atoms with Crippen LogP contribution in [0.15, 0.2) is 29.4 Å². The number of aliphatic imine (C=N–C) groups is 1. The molecule has 2 saturated heterocycles. The molecule has 5 nitrogen and oxygen atoms in total. The van der Waals surface area contributed by atoms with Crippen molar-refractivity contribution < 1.29 is 4.74 Å². The Kier molecular flexibility index (Phi) is 8.44. The lowest BCUT2D eigenvalue weighted by atomic mass is 10.0. The van der Waals surface area contributed by atoms with Gasteiger partial charge in [-0.15, -0.1) is 24.0 Å². The van der Waals surface area contributed by atoms with Gasteiger partial charge in [0.2, 0.25) is 5.88 Å². The van der Waals surface area contributed by atoms with E-state index in [1.54, 1.807) is 6.20 Å². The Hall–Kier alpha value is -0.700. The molecule has 1 N–H and O–H groups in total. The lowest BCUT2D eigenvalue weighted by Gasteiger charge is -2.26. The molecule has 0 saturated carbocycles. The number of hydrogen-bond acceptors (Lipinski definition) is 4. The molecule has 0 bridgehead atoms. The lowest BCUT2D eigenvalue weighted by Crippen LogP contribution is -2.43. The smallest absolute Gasteiger partial charge is 0.213 e. The number of likely N-dealkylation sites (tertiary alicyclic amines) is 1. The molecule has 1 unspecified atom stereocenters. The summed E-state index contributed by atoms with van der Waals surface area (Å²) in [7, 11) is 1.87. The number of ether oxygens (including phenoxy) is 1. The van der Waals surface area contributed by atoms with Gasteiger partial charge in [-0.3, -0.25) is 4.99 Å². The van der Waals surface area contributed by atoms with E-state index < -0.39 is 0 Å². The molecule has 1 aromatic rings. The number of nitrogens with zero attached hydrogens (tertiary/aromatic N) is 3. The standard InChI is InChI=1S/C17H26N4OS.HI/c1-18-17(20-12-14-6-10-23-11-7-14)21-9-5-15(13-21)22-16-4-2-3-8-19-16;/h2-4,8,14-15H,5-7,9-13H2,1H3,(H,18,20);1H. The molecule has 0 spiro atoms. The van der Waals surface area contributed by atoms with Gasteiger partial charge in [-0.1, -0.05) is 6.07 Å². The minimum absolute atomic E-state index is 0. The van der Waals surface area contributed by atoms with Crippen LogP contribution in [-0.2, 0) is 0 Å². The average molecular weight is 462 g/mol. The summed E-state index contributed by atoms with van der Waals surface area (Å²) >= 11 is 2.07. The molecule has 0 aliphatic carbocycles. The van der Waals surface area contributed by atoms with Crippen molar-refractivity contribution in [2.75, 3.05) is 38.2 Å². The van der Waals surface area contributed by atoms with Gasteiger partial charge in [0.05, 0.1) is 6.54 Å². The van der Waals surface area contributed by atoms with Crippen molar-refractivity contribution in [3.05, 3.63) is 24.4 Å². The molecule has 0 amide bonds. The lowest BCUT2D eigenvalue weighted by molar-refractivity contribution is 0.205. The number of guanidine groups is 1. The fourth-order valence-electron chi connectivity index (χ4n) is 3.12. The van der Waals surface area contributed by atoms with Crippen LogP contribution in [0.5, 0.6) is 5.88 Å². The average Bonchev–Trinajstić information content (AvgIpc) is 3.06. The topological polar surface area (TPSA) is 49.8 Å². The SMILES string of the molecule is CN=C(NCC1CCSCC1)N1CCC(Oc2ccccn2)C1.I. The molecular weight excluding hydrogens is 435 g/mol. The minimum atomic E-state index is 0. The summed E-state index contributed by atoms with van der Waals surface area (Å²) in [5, 5.41) is 3.56. The number of pyridine rings is 1. The molecule has 1 aromatic heterocycles. The monoisotopic (exact) mass is 462 g/mol. The largest absolute Gasteiger partial charge is 0.472 e. The highest BCUT2D eigenvalue weighted by molar-refractivity contribution is 14.0. The zero-order valence-electron chi connectivity index (χ0n) is 14.2. The van der Waals surface area contributed by atoms with Crippen LogP contribution in [-0.4, -0.2) is 60.1 Å². The van der Waals surface area contributed by atoms with Crippen molar-refractivity contribution in [2.24, 2.45) is 10.9 Å². The highest BCUT2D eigenvalue weighted by Gasteiger charge is 2.27. The quantitative estimate of drug-likeness (QED) is 0.424. The predicted octanol–water partition coefficient (Wildman–Crippen LogP) is 2.87. The molecule has 2 aliphatic heterocycles. The number of hydrogen-bond donors (Lipinski definition) is 1. The second kappa shape index (κ2) is 10.3. The van der Waals surface area contributed by atoms with E-state index in [1.165, 1.54) is 24.3 Å². The van der Waals surface area contributed by atoms with Crippen LogP contribution in [0.4, 0.5) is 0 Å². The van der Waals surface area contributed by atoms with E-state index in [4.69, 9.17) is 4.74 Å². The first-order chi connectivity index (χ1) is 11.3. The Morgan fingerprint density at radius 3 is 2.92 bits per heavy atom. The van der Waals surface area contributed by atoms with Crippen molar-refractivity contribution in [2.45, 2.75) is 25.4 Å². The number of nitrogens with one attached hydrogen (secondary N) is 1. The fraction of sp³-hybridized carbons (Fsp3) is 0.647. The molecule has 3 heterocycles. The molecule has 0 radical (unpaired) electrons. The maximum atomic E-state index is 5.96. The van der Waals surface area contributed by atoms with E-state index in [1.807, 2.05) is 25.2 Å². The van der Waals surface area contributed by atoms with Crippen LogP contribution in [0.3, 0.4) is 0 Å². The molecule has 3 rings (SSSR count). The molecule has 7 heteroatoms. The summed E-state index contributed by atoms with van der Waals surface area (Å²) in [6, 6.07) is 5.78. The van der Waals surface area contributed by atoms with Gasteiger partial charge in [-0.05, 0) is 36.3 Å². The molecule has 1 atom stereocenters. The second-order valence-electron chi connectivity index (χ2n) is 6.13. The highest BCUT2D eigenvalue weighted by atomic mass is 127. The summed E-state index contributed by atoms with van der Waals surface area (Å²) in [6.45, 7) is 2.89. The normalized spacial score (nSPS) is 22.1. The summed E-state index contributed by atoms with van der Waals surface area (Å²) in [5.74, 6) is 5.11. The summed E-state index contributed by atoms with van der Waals surface area (Å²) < 4.78 is 5.96. The first kappa shape index (κ1) is 19.6. The van der Waals surface area contributed by atoms with Crippen LogP contribution in [0.2, 0.25) is 0 Å². The van der Waals surface area contributed by atoms with Gasteiger partial charge in [0.1, 0.15) is 6.10 Å². The first-order valence-corrected chi connectivity index (χ1v) is 9.61. The molecule has 24 heavy (non-hydrogen) atoms. The minimum Gasteiger partial charge on any atom is -0.472 e. The maximum Gasteiger partial charge on any atom is 0.213 e. The zero-order valence-corrected chi connectivity index (χ0v) is 17.3. The third-order valence-corrected chi connectivity index (χ3v) is 5.52. The highest BCUT2D eigenvalue weighted by Crippen LogP contribution is 2.22. The predicted molar refractivity (Wildman–Crippen MR) is 112 cm³/mol. The van der Waals surface area contributed by atoms with E-state index in [2.05, 4.69) is 32.0 Å². The molecular formula is C17H27IN4OS. The van der Waals surface area contributed by atoms with E-state index in [0.717, 1.165) is 37.9 Å². The number of aromatic nitrogens is 1. The second-order valence-corrected chi connectivity index (χ2v) is 7.35. The van der Waals surface area contributed by atoms with Gasteiger partial charge < -0.3 is 15.0 Å². The summed E-state index contributed by atoms with van der Waals surface area (Å²) in [4.78, 5) is 11.0. The van der Waals surface area contributed by atoms with Crippen molar-refractivity contribution in [3.63, 3.8) is 0 Å². The fourth-order valence-corrected chi connectivity index (χ4v) is 4.33.